The molecule has 0 spiro atoms. The van der Waals surface area contributed by atoms with Gasteiger partial charge < -0.3 is 5.11 Å². The molecule has 2 aliphatic rings. The molecule has 1 N–H and O–H groups in total. The van der Waals surface area contributed by atoms with Crippen LogP contribution in [0.4, 0.5) is 18.9 Å². The van der Waals surface area contributed by atoms with Crippen molar-refractivity contribution in [3.8, 4) is 0 Å². The molecule has 1 aliphatic carbocycles. The zero-order valence-electron chi connectivity index (χ0n) is 13.7. The SMILES string of the molecule is C[C@@H]1CCC2=NN(C(=O)c3cccc([N+](=O)[O-])c3)[C@](O)(C(F)(F)F)[C@@H]2C1. The van der Waals surface area contributed by atoms with E-state index in [4.69, 9.17) is 0 Å². The number of fused-ring (bicyclic) bond motifs is 1. The molecule has 10 heteroatoms. The van der Waals surface area contributed by atoms with E-state index >= 15 is 0 Å². The van der Waals surface area contributed by atoms with Crippen LogP contribution in [-0.2, 0) is 0 Å². The maximum Gasteiger partial charge on any atom is 0.439 e. The van der Waals surface area contributed by atoms with E-state index in [1.54, 1.807) is 6.92 Å². The highest BCUT2D eigenvalue weighted by molar-refractivity contribution is 5.99. The molecule has 0 radical (unpaired) electrons. The summed E-state index contributed by atoms with van der Waals surface area (Å²) in [7, 11) is 0. The Kier molecular flexibility index (Phi) is 4.26. The molecule has 3 rings (SSSR count). The van der Waals surface area contributed by atoms with Gasteiger partial charge in [0, 0.05) is 23.4 Å². The maximum atomic E-state index is 13.8. The van der Waals surface area contributed by atoms with Gasteiger partial charge in [0.05, 0.1) is 10.8 Å². The fraction of sp³-hybridized carbons (Fsp3) is 0.500. The second-order valence-corrected chi connectivity index (χ2v) is 6.67. The average molecular weight is 371 g/mol. The van der Waals surface area contributed by atoms with Crippen molar-refractivity contribution in [2.45, 2.75) is 38.1 Å². The molecule has 0 aromatic heterocycles. The highest BCUT2D eigenvalue weighted by atomic mass is 19.4. The third-order valence-electron chi connectivity index (χ3n) is 4.88. The Bertz CT molecular complexity index is 795. The maximum absolute atomic E-state index is 13.8. The molecule has 1 fully saturated rings. The number of nitrogens with zero attached hydrogens (tertiary/aromatic N) is 3. The summed E-state index contributed by atoms with van der Waals surface area (Å²) in [5, 5.41) is 25.2. The van der Waals surface area contributed by atoms with E-state index in [0.29, 0.717) is 6.42 Å². The number of nitro benzene ring substituents is 1. The number of carbonyl (C=O) groups excluding carboxylic acids is 1. The summed E-state index contributed by atoms with van der Waals surface area (Å²) in [5.74, 6) is -2.63. The minimum Gasteiger partial charge on any atom is -0.362 e. The predicted octanol–water partition coefficient (Wildman–Crippen LogP) is 3.09. The Morgan fingerprint density at radius 1 is 1.46 bits per heavy atom. The van der Waals surface area contributed by atoms with Crippen molar-refractivity contribution >= 4 is 17.3 Å². The largest absolute Gasteiger partial charge is 0.439 e. The van der Waals surface area contributed by atoms with E-state index in [0.717, 1.165) is 18.2 Å². The molecule has 1 heterocycles. The number of non-ortho nitro benzene ring substituents is 1. The van der Waals surface area contributed by atoms with Crippen LogP contribution in [0.15, 0.2) is 29.4 Å². The van der Waals surface area contributed by atoms with Crippen LogP contribution in [0.2, 0.25) is 0 Å². The van der Waals surface area contributed by atoms with Crippen LogP contribution in [0.1, 0.15) is 36.5 Å². The summed E-state index contributed by atoms with van der Waals surface area (Å²) in [6.45, 7) is 1.78. The van der Waals surface area contributed by atoms with E-state index in [2.05, 4.69) is 5.10 Å². The zero-order chi connectivity index (χ0) is 19.3. The number of alkyl halides is 3. The highest BCUT2D eigenvalue weighted by Gasteiger charge is 2.68. The number of rotatable bonds is 2. The molecule has 1 aliphatic heterocycles. The van der Waals surface area contributed by atoms with Gasteiger partial charge in [0.1, 0.15) is 0 Å². The number of hydrogen-bond acceptors (Lipinski definition) is 5. The fourth-order valence-corrected chi connectivity index (χ4v) is 3.49. The van der Waals surface area contributed by atoms with Crippen molar-refractivity contribution < 1.29 is 28.0 Å². The summed E-state index contributed by atoms with van der Waals surface area (Å²) in [6, 6.07) is 4.32. The van der Waals surface area contributed by atoms with Crippen molar-refractivity contribution in [3.63, 3.8) is 0 Å². The van der Waals surface area contributed by atoms with E-state index in [1.807, 2.05) is 0 Å². The summed E-state index contributed by atoms with van der Waals surface area (Å²) in [6.07, 6.45) is -4.21. The van der Waals surface area contributed by atoms with Gasteiger partial charge in [0.2, 0.25) is 0 Å². The zero-order valence-corrected chi connectivity index (χ0v) is 13.7. The Morgan fingerprint density at radius 2 is 2.15 bits per heavy atom. The van der Waals surface area contributed by atoms with Gasteiger partial charge in [-0.2, -0.15) is 23.3 Å². The molecule has 0 saturated heterocycles. The van der Waals surface area contributed by atoms with Crippen molar-refractivity contribution in [2.75, 3.05) is 0 Å². The van der Waals surface area contributed by atoms with Crippen molar-refractivity contribution in [3.05, 3.63) is 39.9 Å². The summed E-state index contributed by atoms with van der Waals surface area (Å²) in [4.78, 5) is 22.7. The molecular weight excluding hydrogens is 355 g/mol. The highest BCUT2D eigenvalue weighted by Crippen LogP contribution is 2.49. The lowest BCUT2D eigenvalue weighted by atomic mass is 9.76. The van der Waals surface area contributed by atoms with Gasteiger partial charge in [-0.05, 0) is 31.2 Å². The van der Waals surface area contributed by atoms with Crippen LogP contribution in [0.3, 0.4) is 0 Å². The molecule has 1 aromatic carbocycles. The van der Waals surface area contributed by atoms with Crippen LogP contribution in [0.5, 0.6) is 0 Å². The first-order chi connectivity index (χ1) is 12.1. The van der Waals surface area contributed by atoms with Gasteiger partial charge in [0.15, 0.2) is 0 Å². The first kappa shape index (κ1) is 18.3. The lowest BCUT2D eigenvalue weighted by Gasteiger charge is -2.39. The molecule has 0 unspecified atom stereocenters. The van der Waals surface area contributed by atoms with E-state index < -0.39 is 34.3 Å². The predicted molar refractivity (Wildman–Crippen MR) is 84.2 cm³/mol. The fourth-order valence-electron chi connectivity index (χ4n) is 3.49. The lowest BCUT2D eigenvalue weighted by molar-refractivity contribution is -0.384. The van der Waals surface area contributed by atoms with Crippen molar-refractivity contribution in [2.24, 2.45) is 16.9 Å². The van der Waals surface area contributed by atoms with Gasteiger partial charge in [-0.15, -0.1) is 0 Å². The third-order valence-corrected chi connectivity index (χ3v) is 4.88. The quantitative estimate of drug-likeness (QED) is 0.638. The normalized spacial score (nSPS) is 28.5. The minimum atomic E-state index is -5.13. The number of nitro groups is 1. The average Bonchev–Trinajstić information content (AvgIpc) is 2.88. The molecule has 0 bridgehead atoms. The smallest absolute Gasteiger partial charge is 0.362 e. The number of hydrogen-bond donors (Lipinski definition) is 1. The molecule has 140 valence electrons. The van der Waals surface area contributed by atoms with E-state index in [9.17, 15) is 33.2 Å². The van der Waals surface area contributed by atoms with Crippen molar-refractivity contribution in [1.29, 1.82) is 0 Å². The van der Waals surface area contributed by atoms with Crippen LogP contribution >= 0.6 is 0 Å². The Morgan fingerprint density at radius 3 is 2.77 bits per heavy atom. The molecule has 1 amide bonds. The minimum absolute atomic E-state index is 0.0457. The van der Waals surface area contributed by atoms with Crippen LogP contribution in [0, 0.1) is 22.0 Å². The summed E-state index contributed by atoms with van der Waals surface area (Å²) in [5.41, 5.74) is -4.12. The number of amides is 1. The van der Waals surface area contributed by atoms with Gasteiger partial charge in [-0.3, -0.25) is 14.9 Å². The molecule has 3 atom stereocenters. The van der Waals surface area contributed by atoms with Crippen LogP contribution < -0.4 is 0 Å². The molecule has 7 nitrogen and oxygen atoms in total. The van der Waals surface area contributed by atoms with Crippen molar-refractivity contribution in [1.82, 2.24) is 5.01 Å². The van der Waals surface area contributed by atoms with E-state index in [-0.39, 0.29) is 35.0 Å². The van der Waals surface area contributed by atoms with Gasteiger partial charge in [-0.1, -0.05) is 13.0 Å². The molecule has 26 heavy (non-hydrogen) atoms. The summed E-state index contributed by atoms with van der Waals surface area (Å²) >= 11 is 0. The lowest BCUT2D eigenvalue weighted by Crippen LogP contribution is -2.61. The molecule has 1 aromatic rings. The molecular formula is C16H16F3N3O4. The second kappa shape index (κ2) is 6.04. The Balaban J connectivity index is 2.04. The third kappa shape index (κ3) is 2.74. The summed E-state index contributed by atoms with van der Waals surface area (Å²) < 4.78 is 41.3. The van der Waals surface area contributed by atoms with Crippen LogP contribution in [0.25, 0.3) is 0 Å². The number of carbonyl (C=O) groups is 1. The number of benzene rings is 1. The monoisotopic (exact) mass is 371 g/mol. The molecule has 1 saturated carbocycles. The standard InChI is InChI=1S/C16H16F3N3O4/c1-9-5-6-13-12(7-9)15(24,16(17,18)19)21(20-13)14(23)10-3-2-4-11(8-10)22(25)26/h2-4,8-9,12,24H,5-7H2,1H3/t9-,12-,15-/m1/s1. The van der Waals surface area contributed by atoms with Gasteiger partial charge in [-0.25, -0.2) is 0 Å². The number of aliphatic hydroxyl groups is 1. The topological polar surface area (TPSA) is 96.0 Å². The second-order valence-electron chi connectivity index (χ2n) is 6.67. The van der Waals surface area contributed by atoms with Gasteiger partial charge >= 0.3 is 6.18 Å². The number of hydrazone groups is 1. The Labute approximate surface area is 146 Å². The van der Waals surface area contributed by atoms with Crippen LogP contribution in [-0.4, -0.2) is 38.6 Å². The first-order valence-electron chi connectivity index (χ1n) is 8.01. The van der Waals surface area contributed by atoms with E-state index in [1.165, 1.54) is 6.07 Å². The number of halogens is 3. The van der Waals surface area contributed by atoms with Gasteiger partial charge in [0.25, 0.3) is 17.3 Å². The first-order valence-corrected chi connectivity index (χ1v) is 8.01. The Hall–Kier alpha value is -2.49.